The number of fused-ring (bicyclic) bond motifs is 1. The van der Waals surface area contributed by atoms with Crippen LogP contribution in [0, 0.1) is 0 Å². The number of hydrogen-bond acceptors (Lipinski definition) is 3. The minimum Gasteiger partial charge on any atom is -0.299 e. The van der Waals surface area contributed by atoms with Crippen LogP contribution < -0.4 is 0 Å². The van der Waals surface area contributed by atoms with Crippen LogP contribution in [-0.2, 0) is 17.6 Å². The minimum absolute atomic E-state index is 0.0470. The van der Waals surface area contributed by atoms with Gasteiger partial charge in [-0.3, -0.25) is 9.20 Å². The molecule has 1 aromatic carbocycles. The number of thiazole rings is 1. The van der Waals surface area contributed by atoms with Gasteiger partial charge in [0.2, 0.25) is 0 Å². The lowest BCUT2D eigenvalue weighted by Crippen LogP contribution is -2.07. The van der Waals surface area contributed by atoms with Crippen LogP contribution in [-0.4, -0.2) is 15.2 Å². The van der Waals surface area contributed by atoms with Crippen molar-refractivity contribution in [2.75, 3.05) is 0 Å². The number of nitrogens with zero attached hydrogens (tertiary/aromatic N) is 2. The number of rotatable bonds is 4. The molecule has 0 atom stereocenters. The molecule has 0 aliphatic rings. The van der Waals surface area contributed by atoms with Crippen LogP contribution in [0.25, 0.3) is 4.96 Å². The maximum atomic E-state index is 12.1. The van der Waals surface area contributed by atoms with Gasteiger partial charge in [-0.25, -0.2) is 4.98 Å². The van der Waals surface area contributed by atoms with Crippen molar-refractivity contribution < 1.29 is 4.79 Å². The summed E-state index contributed by atoms with van der Waals surface area (Å²) in [4.78, 5) is 17.4. The summed E-state index contributed by atoms with van der Waals surface area (Å²) < 4.78 is 1.91. The van der Waals surface area contributed by atoms with E-state index < -0.39 is 0 Å². The monoisotopic (exact) mass is 324 g/mol. The maximum Gasteiger partial charge on any atom is 0.193 e. The Hall–Kier alpha value is -1.36. The van der Waals surface area contributed by atoms with Gasteiger partial charge >= 0.3 is 0 Å². The zero-order chi connectivity index (χ0) is 14.1. The van der Waals surface area contributed by atoms with Crippen LogP contribution in [0.15, 0.2) is 36.0 Å². The first kappa shape index (κ1) is 13.6. The van der Waals surface area contributed by atoms with Crippen molar-refractivity contribution in [1.29, 1.82) is 0 Å². The number of carbonyl (C=O) groups excluding carboxylic acids is 1. The molecular weight excluding hydrogens is 315 g/mol. The van der Waals surface area contributed by atoms with Crippen LogP contribution >= 0.6 is 34.5 Å². The zero-order valence-electron chi connectivity index (χ0n) is 10.3. The number of aromatic nitrogens is 2. The van der Waals surface area contributed by atoms with Crippen molar-refractivity contribution in [3.63, 3.8) is 0 Å². The molecule has 2 heterocycles. The van der Waals surface area contributed by atoms with E-state index >= 15 is 0 Å². The van der Waals surface area contributed by atoms with E-state index in [1.54, 1.807) is 29.5 Å². The lowest BCUT2D eigenvalue weighted by molar-refractivity contribution is -0.117. The predicted molar refractivity (Wildman–Crippen MR) is 81.9 cm³/mol. The molecule has 0 aliphatic carbocycles. The van der Waals surface area contributed by atoms with Gasteiger partial charge in [-0.1, -0.05) is 29.3 Å². The summed E-state index contributed by atoms with van der Waals surface area (Å²) >= 11 is 13.7. The molecule has 3 nitrogen and oxygen atoms in total. The number of halogens is 2. The predicted octanol–water partition coefficient (Wildman–Crippen LogP) is 4.06. The summed E-state index contributed by atoms with van der Waals surface area (Å²) in [6.45, 7) is 0. The third-order valence-electron chi connectivity index (χ3n) is 2.96. The average Bonchev–Trinajstić information content (AvgIpc) is 2.94. The third-order valence-corrected chi connectivity index (χ3v) is 4.44. The Morgan fingerprint density at radius 1 is 1.25 bits per heavy atom. The second kappa shape index (κ2) is 5.56. The van der Waals surface area contributed by atoms with Crippen molar-refractivity contribution >= 4 is 45.3 Å². The Morgan fingerprint density at radius 3 is 2.70 bits per heavy atom. The maximum absolute atomic E-state index is 12.1. The summed E-state index contributed by atoms with van der Waals surface area (Å²) in [6.07, 6.45) is 4.31. The Bertz CT molecular complexity index is 730. The summed E-state index contributed by atoms with van der Waals surface area (Å²) in [6, 6.07) is 5.24. The minimum atomic E-state index is 0.0470. The molecule has 3 aromatic rings. The van der Waals surface area contributed by atoms with Gasteiger partial charge in [0.1, 0.15) is 5.78 Å². The van der Waals surface area contributed by atoms with E-state index in [1.807, 2.05) is 22.2 Å². The summed E-state index contributed by atoms with van der Waals surface area (Å²) in [5, 5.41) is 3.01. The quantitative estimate of drug-likeness (QED) is 0.725. The number of Topliss-reactive ketones (excluding diaryl/α,β-unsaturated/α-hetero) is 1. The van der Waals surface area contributed by atoms with Crippen molar-refractivity contribution in [1.82, 2.24) is 9.38 Å². The Morgan fingerprint density at radius 2 is 2.00 bits per heavy atom. The van der Waals surface area contributed by atoms with E-state index in [-0.39, 0.29) is 18.6 Å². The van der Waals surface area contributed by atoms with Gasteiger partial charge in [-0.2, -0.15) is 0 Å². The van der Waals surface area contributed by atoms with Gasteiger partial charge in [0, 0.05) is 34.2 Å². The van der Waals surface area contributed by atoms with Crippen LogP contribution in [0.3, 0.4) is 0 Å². The first-order valence-electron chi connectivity index (χ1n) is 5.99. The molecule has 0 radical (unpaired) electrons. The molecule has 0 bridgehead atoms. The van der Waals surface area contributed by atoms with Gasteiger partial charge in [0.25, 0.3) is 0 Å². The highest BCUT2D eigenvalue weighted by Crippen LogP contribution is 2.25. The molecule has 0 fully saturated rings. The molecule has 0 N–H and O–H groups in total. The molecule has 0 saturated heterocycles. The molecule has 102 valence electrons. The smallest absolute Gasteiger partial charge is 0.193 e. The van der Waals surface area contributed by atoms with Gasteiger partial charge in [0.05, 0.1) is 12.1 Å². The van der Waals surface area contributed by atoms with Crippen LogP contribution in [0.1, 0.15) is 11.3 Å². The lowest BCUT2D eigenvalue weighted by Gasteiger charge is -2.05. The van der Waals surface area contributed by atoms with Gasteiger partial charge in [-0.15, -0.1) is 11.3 Å². The molecule has 0 unspecified atom stereocenters. The van der Waals surface area contributed by atoms with Gasteiger partial charge in [-0.05, 0) is 17.7 Å². The standard InChI is InChI=1S/C14H10Cl2N2OS/c15-12-2-1-3-13(16)11(12)7-10(19)6-9-8-18-4-5-20-14(18)17-9/h1-5,8H,6-7H2. The SMILES string of the molecule is O=C(Cc1cn2ccsc2n1)Cc1c(Cl)cccc1Cl. The number of hydrogen-bond donors (Lipinski definition) is 0. The van der Waals surface area contributed by atoms with E-state index in [0.29, 0.717) is 15.6 Å². The largest absolute Gasteiger partial charge is 0.299 e. The molecule has 3 rings (SSSR count). The molecular formula is C14H10Cl2N2OS. The average molecular weight is 325 g/mol. The van der Waals surface area contributed by atoms with E-state index in [9.17, 15) is 4.79 Å². The fourth-order valence-electron chi connectivity index (χ4n) is 2.02. The summed E-state index contributed by atoms with van der Waals surface area (Å²) in [5.74, 6) is 0.0470. The normalized spacial score (nSPS) is 11.1. The topological polar surface area (TPSA) is 34.4 Å². The van der Waals surface area contributed by atoms with Gasteiger partial charge in [0.15, 0.2) is 4.96 Å². The highest BCUT2D eigenvalue weighted by Gasteiger charge is 2.13. The van der Waals surface area contributed by atoms with Crippen molar-refractivity contribution in [2.45, 2.75) is 12.8 Å². The summed E-state index contributed by atoms with van der Waals surface area (Å²) in [7, 11) is 0. The molecule has 20 heavy (non-hydrogen) atoms. The van der Waals surface area contributed by atoms with Crippen molar-refractivity contribution in [3.05, 3.63) is 57.3 Å². The zero-order valence-corrected chi connectivity index (χ0v) is 12.7. The van der Waals surface area contributed by atoms with E-state index in [4.69, 9.17) is 23.2 Å². The number of benzene rings is 1. The van der Waals surface area contributed by atoms with E-state index in [2.05, 4.69) is 4.98 Å². The fraction of sp³-hybridized carbons (Fsp3) is 0.143. The summed E-state index contributed by atoms with van der Waals surface area (Å²) in [5.41, 5.74) is 1.45. The molecule has 0 amide bonds. The van der Waals surface area contributed by atoms with Crippen molar-refractivity contribution in [3.8, 4) is 0 Å². The molecule has 0 spiro atoms. The molecule has 2 aromatic heterocycles. The highest BCUT2D eigenvalue weighted by atomic mass is 35.5. The number of carbonyl (C=O) groups is 1. The Labute approximate surface area is 129 Å². The first-order chi connectivity index (χ1) is 9.63. The van der Waals surface area contributed by atoms with Crippen LogP contribution in [0.4, 0.5) is 0 Å². The Kier molecular flexibility index (Phi) is 3.78. The van der Waals surface area contributed by atoms with Crippen LogP contribution in [0.2, 0.25) is 10.0 Å². The molecule has 6 heteroatoms. The second-order valence-electron chi connectivity index (χ2n) is 4.42. The number of imidazole rings is 1. The molecule has 0 aliphatic heterocycles. The second-order valence-corrected chi connectivity index (χ2v) is 6.10. The number of ketones is 1. The third kappa shape index (κ3) is 2.73. The Balaban J connectivity index is 1.75. The molecule has 0 saturated carbocycles. The lowest BCUT2D eigenvalue weighted by atomic mass is 10.1. The fourth-order valence-corrected chi connectivity index (χ4v) is 3.27. The first-order valence-corrected chi connectivity index (χ1v) is 7.62. The van der Waals surface area contributed by atoms with Crippen molar-refractivity contribution in [2.24, 2.45) is 0 Å². The van der Waals surface area contributed by atoms with Crippen LogP contribution in [0.5, 0.6) is 0 Å². The highest BCUT2D eigenvalue weighted by molar-refractivity contribution is 7.15. The van der Waals surface area contributed by atoms with Gasteiger partial charge < -0.3 is 0 Å². The van der Waals surface area contributed by atoms with E-state index in [1.165, 1.54) is 0 Å². The van der Waals surface area contributed by atoms with E-state index in [0.717, 1.165) is 10.7 Å².